The van der Waals surface area contributed by atoms with Crippen molar-refractivity contribution < 1.29 is 26.7 Å². The molecule has 0 spiro atoms. The lowest BCUT2D eigenvalue weighted by molar-refractivity contribution is -0.274. The van der Waals surface area contributed by atoms with Gasteiger partial charge in [-0.25, -0.2) is 13.8 Å². The molecule has 2 N–H and O–H groups in total. The van der Waals surface area contributed by atoms with Gasteiger partial charge < -0.3 is 15.4 Å². The van der Waals surface area contributed by atoms with Crippen LogP contribution in [0.4, 0.5) is 33.7 Å². The normalized spacial score (nSPS) is 13.7. The summed E-state index contributed by atoms with van der Waals surface area (Å²) in [5, 5.41) is 6.12. The highest BCUT2D eigenvalue weighted by Gasteiger charge is 2.31. The molecule has 0 aliphatic heterocycles. The third-order valence-electron chi connectivity index (χ3n) is 4.40. The van der Waals surface area contributed by atoms with Crippen molar-refractivity contribution in [2.45, 2.75) is 31.8 Å². The Morgan fingerprint density at radius 3 is 2.39 bits per heavy atom. The van der Waals surface area contributed by atoms with E-state index in [-0.39, 0.29) is 18.3 Å². The topological polar surface area (TPSA) is 59.1 Å². The Morgan fingerprint density at radius 1 is 0.968 bits per heavy atom. The zero-order valence-corrected chi connectivity index (χ0v) is 16.0. The third kappa shape index (κ3) is 6.03. The van der Waals surface area contributed by atoms with Gasteiger partial charge in [0.1, 0.15) is 23.2 Å². The van der Waals surface area contributed by atoms with E-state index in [0.29, 0.717) is 28.6 Å². The second-order valence-corrected chi connectivity index (χ2v) is 7.09. The fourth-order valence-corrected chi connectivity index (χ4v) is 2.92. The highest BCUT2D eigenvalue weighted by Crippen LogP contribution is 2.30. The molecule has 1 aromatic heterocycles. The quantitative estimate of drug-likeness (QED) is 0.479. The number of hydrogen-bond donors (Lipinski definition) is 2. The number of hydrogen-bond acceptors (Lipinski definition) is 5. The van der Waals surface area contributed by atoms with Crippen LogP contribution >= 0.6 is 0 Å². The lowest BCUT2D eigenvalue weighted by Crippen LogP contribution is -2.17. The molecule has 0 amide bonds. The highest BCUT2D eigenvalue weighted by molar-refractivity contribution is 5.66. The van der Waals surface area contributed by atoms with Crippen molar-refractivity contribution in [1.82, 2.24) is 9.97 Å². The summed E-state index contributed by atoms with van der Waals surface area (Å²) >= 11 is 0. The molecule has 1 heterocycles. The summed E-state index contributed by atoms with van der Waals surface area (Å²) in [4.78, 5) is 8.73. The van der Waals surface area contributed by atoms with Crippen molar-refractivity contribution in [2.24, 2.45) is 0 Å². The molecule has 4 rings (SSSR count). The van der Waals surface area contributed by atoms with Gasteiger partial charge in [0.2, 0.25) is 5.95 Å². The summed E-state index contributed by atoms with van der Waals surface area (Å²) in [5.74, 6) is -1.12. The molecule has 0 saturated heterocycles. The second-order valence-electron chi connectivity index (χ2n) is 7.09. The zero-order chi connectivity index (χ0) is 22.0. The minimum absolute atomic E-state index is 0.0885. The van der Waals surface area contributed by atoms with Crippen molar-refractivity contribution in [3.63, 3.8) is 0 Å². The second kappa shape index (κ2) is 8.37. The van der Waals surface area contributed by atoms with E-state index in [4.69, 9.17) is 0 Å². The number of ether oxygens (including phenoxy) is 1. The van der Waals surface area contributed by atoms with Crippen LogP contribution in [0.25, 0.3) is 11.3 Å². The highest BCUT2D eigenvalue weighted by atomic mass is 19.4. The fourth-order valence-electron chi connectivity index (χ4n) is 2.92. The Labute approximate surface area is 174 Å². The number of rotatable bonds is 7. The molecule has 1 fully saturated rings. The number of aromatic nitrogens is 2. The molecular formula is C21H17F5N4O. The van der Waals surface area contributed by atoms with Crippen LogP contribution in [0, 0.1) is 11.6 Å². The van der Waals surface area contributed by atoms with E-state index < -0.39 is 18.0 Å². The smallest absolute Gasteiger partial charge is 0.406 e. The lowest BCUT2D eigenvalue weighted by atomic mass is 10.1. The summed E-state index contributed by atoms with van der Waals surface area (Å²) in [7, 11) is 0. The van der Waals surface area contributed by atoms with Crippen molar-refractivity contribution >= 4 is 11.8 Å². The predicted octanol–water partition coefficient (Wildman–Crippen LogP) is 5.51. The molecule has 0 unspecified atom stereocenters. The molecule has 5 nitrogen and oxygen atoms in total. The number of nitrogens with one attached hydrogen (secondary N) is 2. The first kappa shape index (κ1) is 20.8. The van der Waals surface area contributed by atoms with Gasteiger partial charge in [-0.1, -0.05) is 12.1 Å². The Hall–Kier alpha value is -3.43. The SMILES string of the molecule is Fc1cc(F)cc(CNc2cc(-c3cccc(OC(F)(F)F)c3)nc(NC3CC3)n2)c1. The van der Waals surface area contributed by atoms with E-state index in [1.165, 1.54) is 30.3 Å². The minimum Gasteiger partial charge on any atom is -0.406 e. The maximum atomic E-state index is 13.4. The Bertz CT molecular complexity index is 1070. The first-order valence-corrected chi connectivity index (χ1v) is 9.44. The molecule has 1 aliphatic rings. The summed E-state index contributed by atoms with van der Waals surface area (Å²) < 4.78 is 68.5. The van der Waals surface area contributed by atoms with Gasteiger partial charge in [0, 0.05) is 30.3 Å². The van der Waals surface area contributed by atoms with Crippen LogP contribution in [0.15, 0.2) is 48.5 Å². The molecular weight excluding hydrogens is 419 g/mol. The maximum absolute atomic E-state index is 13.4. The molecule has 0 bridgehead atoms. The van der Waals surface area contributed by atoms with Crippen LogP contribution in [-0.2, 0) is 6.54 Å². The molecule has 31 heavy (non-hydrogen) atoms. The van der Waals surface area contributed by atoms with E-state index in [0.717, 1.165) is 18.9 Å². The summed E-state index contributed by atoms with van der Waals surface area (Å²) in [5.41, 5.74) is 1.12. The summed E-state index contributed by atoms with van der Waals surface area (Å²) in [6, 6.07) is 10.4. The first-order chi connectivity index (χ1) is 14.7. The van der Waals surface area contributed by atoms with Crippen LogP contribution in [0.1, 0.15) is 18.4 Å². The first-order valence-electron chi connectivity index (χ1n) is 9.44. The number of alkyl halides is 3. The molecule has 10 heteroatoms. The van der Waals surface area contributed by atoms with Gasteiger partial charge in [-0.05, 0) is 42.7 Å². The van der Waals surface area contributed by atoms with Crippen LogP contribution in [0.2, 0.25) is 0 Å². The Balaban J connectivity index is 1.61. The van der Waals surface area contributed by atoms with E-state index >= 15 is 0 Å². The monoisotopic (exact) mass is 436 g/mol. The number of nitrogens with zero attached hydrogens (tertiary/aromatic N) is 2. The molecule has 162 valence electrons. The summed E-state index contributed by atoms with van der Waals surface area (Å²) in [6.07, 6.45) is -2.88. The van der Waals surface area contributed by atoms with Crippen LogP contribution in [0.3, 0.4) is 0 Å². The van der Waals surface area contributed by atoms with Gasteiger partial charge in [-0.15, -0.1) is 13.2 Å². The standard InChI is InChI=1S/C21H17F5N4O/c22-14-6-12(7-15(23)9-14)11-27-19-10-18(29-20(30-19)28-16-4-5-16)13-2-1-3-17(8-13)31-21(24,25)26/h1-3,6-10,16H,4-5,11H2,(H2,27,28,29,30). The van der Waals surface area contributed by atoms with Crippen LogP contribution < -0.4 is 15.4 Å². The minimum atomic E-state index is -4.81. The average molecular weight is 436 g/mol. The van der Waals surface area contributed by atoms with E-state index in [9.17, 15) is 22.0 Å². The van der Waals surface area contributed by atoms with Crippen LogP contribution in [-0.4, -0.2) is 22.4 Å². The molecule has 1 aliphatic carbocycles. The van der Waals surface area contributed by atoms with Crippen molar-refractivity contribution in [3.05, 3.63) is 65.7 Å². The van der Waals surface area contributed by atoms with Gasteiger partial charge >= 0.3 is 6.36 Å². The van der Waals surface area contributed by atoms with Gasteiger partial charge in [0.25, 0.3) is 0 Å². The van der Waals surface area contributed by atoms with Gasteiger partial charge in [0.05, 0.1) is 5.69 Å². The Kier molecular flexibility index (Phi) is 5.62. The molecule has 2 aromatic carbocycles. The zero-order valence-electron chi connectivity index (χ0n) is 16.0. The number of halogens is 5. The molecule has 0 atom stereocenters. The average Bonchev–Trinajstić information content (AvgIpc) is 3.48. The van der Waals surface area contributed by atoms with Gasteiger partial charge in [-0.3, -0.25) is 0 Å². The van der Waals surface area contributed by atoms with Gasteiger partial charge in [0.15, 0.2) is 0 Å². The largest absolute Gasteiger partial charge is 0.573 e. The van der Waals surface area contributed by atoms with E-state index in [1.807, 2.05) is 0 Å². The fraction of sp³-hybridized carbons (Fsp3) is 0.238. The van der Waals surface area contributed by atoms with Crippen LogP contribution in [0.5, 0.6) is 5.75 Å². The van der Waals surface area contributed by atoms with Gasteiger partial charge in [-0.2, -0.15) is 4.98 Å². The van der Waals surface area contributed by atoms with Crippen molar-refractivity contribution in [3.8, 4) is 17.0 Å². The molecule has 1 saturated carbocycles. The predicted molar refractivity (Wildman–Crippen MR) is 104 cm³/mol. The Morgan fingerprint density at radius 2 is 1.71 bits per heavy atom. The number of benzene rings is 2. The lowest BCUT2D eigenvalue weighted by Gasteiger charge is -2.13. The summed E-state index contributed by atoms with van der Waals surface area (Å²) in [6.45, 7) is 0.0885. The van der Waals surface area contributed by atoms with Crippen molar-refractivity contribution in [2.75, 3.05) is 10.6 Å². The van der Waals surface area contributed by atoms with E-state index in [2.05, 4.69) is 25.3 Å². The molecule has 0 radical (unpaired) electrons. The third-order valence-corrected chi connectivity index (χ3v) is 4.40. The van der Waals surface area contributed by atoms with E-state index in [1.54, 1.807) is 12.1 Å². The maximum Gasteiger partial charge on any atom is 0.573 e. The number of anilines is 2. The molecule has 3 aromatic rings. The van der Waals surface area contributed by atoms with Crippen molar-refractivity contribution in [1.29, 1.82) is 0 Å².